The van der Waals surface area contributed by atoms with E-state index in [0.29, 0.717) is 41.5 Å². The standard InChI is InChI=1S/C19H22ClN3O3/c1-2-7-23-18(25)16(14-3-5-15(20)6-4-14)17(19(23)26)22-10-8-21(9-11-22)12-13-24/h2-6,24H,1,7-13H2. The van der Waals surface area contributed by atoms with Crippen molar-refractivity contribution in [2.45, 2.75) is 0 Å². The van der Waals surface area contributed by atoms with Crippen LogP contribution in [0.25, 0.3) is 5.57 Å². The van der Waals surface area contributed by atoms with E-state index in [4.69, 9.17) is 16.7 Å². The van der Waals surface area contributed by atoms with Gasteiger partial charge in [0, 0.05) is 44.3 Å². The Kier molecular flexibility index (Phi) is 5.76. The summed E-state index contributed by atoms with van der Waals surface area (Å²) in [5, 5.41) is 9.67. The number of aliphatic hydroxyl groups is 1. The summed E-state index contributed by atoms with van der Waals surface area (Å²) >= 11 is 5.96. The number of carbonyl (C=O) groups excluding carboxylic acids is 2. The van der Waals surface area contributed by atoms with Gasteiger partial charge in [0.2, 0.25) is 0 Å². The van der Waals surface area contributed by atoms with Crippen LogP contribution in [0.5, 0.6) is 0 Å². The van der Waals surface area contributed by atoms with E-state index in [1.807, 2.05) is 4.90 Å². The molecule has 0 radical (unpaired) electrons. The lowest BCUT2D eigenvalue weighted by atomic mass is 10.0. The number of halogens is 1. The highest BCUT2D eigenvalue weighted by molar-refractivity contribution is 6.36. The number of carbonyl (C=O) groups is 2. The number of nitrogens with zero attached hydrogens (tertiary/aromatic N) is 3. The van der Waals surface area contributed by atoms with Crippen molar-refractivity contribution < 1.29 is 14.7 Å². The molecule has 2 heterocycles. The first-order valence-electron chi connectivity index (χ1n) is 8.62. The predicted molar refractivity (Wildman–Crippen MR) is 100 cm³/mol. The van der Waals surface area contributed by atoms with Gasteiger partial charge in [-0.3, -0.25) is 19.4 Å². The van der Waals surface area contributed by atoms with E-state index in [-0.39, 0.29) is 25.0 Å². The number of β-amino-alcohol motifs (C(OH)–C–C–N with tert-alkyl or cyclic N) is 1. The molecule has 2 amide bonds. The fraction of sp³-hybridized carbons (Fsp3) is 0.368. The van der Waals surface area contributed by atoms with Crippen molar-refractivity contribution in [3.05, 3.63) is 53.2 Å². The average molecular weight is 376 g/mol. The summed E-state index contributed by atoms with van der Waals surface area (Å²) in [5.41, 5.74) is 1.55. The third kappa shape index (κ3) is 3.53. The van der Waals surface area contributed by atoms with Crippen LogP contribution in [0.4, 0.5) is 0 Å². The topological polar surface area (TPSA) is 64.1 Å². The van der Waals surface area contributed by atoms with Gasteiger partial charge in [-0.05, 0) is 17.7 Å². The fourth-order valence-corrected chi connectivity index (χ4v) is 3.49. The van der Waals surface area contributed by atoms with E-state index in [0.717, 1.165) is 13.1 Å². The molecule has 3 rings (SSSR count). The molecule has 1 N–H and O–H groups in total. The molecule has 1 saturated heterocycles. The van der Waals surface area contributed by atoms with Crippen LogP contribution in [-0.4, -0.2) is 77.5 Å². The second kappa shape index (κ2) is 8.03. The Balaban J connectivity index is 1.95. The maximum Gasteiger partial charge on any atom is 0.278 e. The molecule has 2 aliphatic heterocycles. The van der Waals surface area contributed by atoms with Crippen LogP contribution in [0.15, 0.2) is 42.6 Å². The van der Waals surface area contributed by atoms with Gasteiger partial charge < -0.3 is 10.0 Å². The third-order valence-corrected chi connectivity index (χ3v) is 4.94. The van der Waals surface area contributed by atoms with Crippen LogP contribution in [0.1, 0.15) is 5.56 Å². The Labute approximate surface area is 157 Å². The third-order valence-electron chi connectivity index (χ3n) is 4.69. The van der Waals surface area contributed by atoms with E-state index >= 15 is 0 Å². The van der Waals surface area contributed by atoms with Gasteiger partial charge in [0.15, 0.2) is 0 Å². The monoisotopic (exact) mass is 375 g/mol. The summed E-state index contributed by atoms with van der Waals surface area (Å²) in [7, 11) is 0. The molecule has 0 aromatic heterocycles. The largest absolute Gasteiger partial charge is 0.395 e. The Morgan fingerprint density at radius 3 is 2.31 bits per heavy atom. The number of benzene rings is 1. The number of hydrogen-bond acceptors (Lipinski definition) is 5. The summed E-state index contributed by atoms with van der Waals surface area (Å²) in [6, 6.07) is 6.97. The lowest BCUT2D eigenvalue weighted by Crippen LogP contribution is -2.48. The number of amides is 2. The van der Waals surface area contributed by atoms with Crippen molar-refractivity contribution in [1.29, 1.82) is 0 Å². The molecule has 1 fully saturated rings. The maximum atomic E-state index is 12.9. The van der Waals surface area contributed by atoms with Gasteiger partial charge in [-0.15, -0.1) is 6.58 Å². The minimum absolute atomic E-state index is 0.114. The fourth-order valence-electron chi connectivity index (χ4n) is 3.36. The normalized spacial score (nSPS) is 18.8. The summed E-state index contributed by atoms with van der Waals surface area (Å²) in [4.78, 5) is 31.2. The number of imide groups is 1. The molecule has 0 unspecified atom stereocenters. The molecule has 7 heteroatoms. The Morgan fingerprint density at radius 2 is 1.73 bits per heavy atom. The second-order valence-corrected chi connectivity index (χ2v) is 6.73. The van der Waals surface area contributed by atoms with Crippen molar-refractivity contribution in [2.24, 2.45) is 0 Å². The molecule has 1 aromatic carbocycles. The predicted octanol–water partition coefficient (Wildman–Crippen LogP) is 1.22. The Morgan fingerprint density at radius 1 is 1.08 bits per heavy atom. The van der Waals surface area contributed by atoms with Crippen LogP contribution in [0.3, 0.4) is 0 Å². The van der Waals surface area contributed by atoms with Crippen molar-refractivity contribution >= 4 is 29.0 Å². The van der Waals surface area contributed by atoms with Crippen LogP contribution in [0.2, 0.25) is 5.02 Å². The summed E-state index contributed by atoms with van der Waals surface area (Å²) in [6.45, 7) is 7.30. The lowest BCUT2D eigenvalue weighted by molar-refractivity contribution is -0.137. The number of aliphatic hydroxyl groups excluding tert-OH is 1. The molecule has 1 aromatic rings. The SMILES string of the molecule is C=CCN1C(=O)C(c2ccc(Cl)cc2)=C(N2CCN(CCO)CC2)C1=O. The van der Waals surface area contributed by atoms with E-state index < -0.39 is 0 Å². The van der Waals surface area contributed by atoms with Crippen LogP contribution in [-0.2, 0) is 9.59 Å². The van der Waals surface area contributed by atoms with Crippen LogP contribution >= 0.6 is 11.6 Å². The summed E-state index contributed by atoms with van der Waals surface area (Å²) in [5.74, 6) is -0.583. The zero-order valence-electron chi connectivity index (χ0n) is 14.5. The zero-order chi connectivity index (χ0) is 18.7. The quantitative estimate of drug-likeness (QED) is 0.598. The highest BCUT2D eigenvalue weighted by Gasteiger charge is 2.41. The van der Waals surface area contributed by atoms with E-state index in [1.165, 1.54) is 4.90 Å². The molecule has 6 nitrogen and oxygen atoms in total. The molecule has 0 atom stereocenters. The van der Waals surface area contributed by atoms with E-state index in [1.54, 1.807) is 30.3 Å². The molecule has 138 valence electrons. The Bertz CT molecular complexity index is 737. The maximum absolute atomic E-state index is 12.9. The zero-order valence-corrected chi connectivity index (χ0v) is 15.3. The molecule has 2 aliphatic rings. The molecule has 0 aliphatic carbocycles. The van der Waals surface area contributed by atoms with Gasteiger partial charge in [0.05, 0.1) is 12.2 Å². The summed E-state index contributed by atoms with van der Waals surface area (Å²) in [6.07, 6.45) is 1.55. The van der Waals surface area contributed by atoms with Crippen molar-refractivity contribution in [3.63, 3.8) is 0 Å². The van der Waals surface area contributed by atoms with E-state index in [9.17, 15) is 9.59 Å². The highest BCUT2D eigenvalue weighted by atomic mass is 35.5. The highest BCUT2D eigenvalue weighted by Crippen LogP contribution is 2.32. The molecule has 26 heavy (non-hydrogen) atoms. The van der Waals surface area contributed by atoms with Crippen LogP contribution < -0.4 is 0 Å². The molecule has 0 bridgehead atoms. The van der Waals surface area contributed by atoms with Gasteiger partial charge >= 0.3 is 0 Å². The molecule has 0 spiro atoms. The first-order valence-corrected chi connectivity index (χ1v) is 9.00. The lowest BCUT2D eigenvalue weighted by Gasteiger charge is -2.36. The summed E-state index contributed by atoms with van der Waals surface area (Å²) < 4.78 is 0. The van der Waals surface area contributed by atoms with Gasteiger partial charge in [0.25, 0.3) is 11.8 Å². The van der Waals surface area contributed by atoms with Gasteiger partial charge in [-0.1, -0.05) is 29.8 Å². The smallest absolute Gasteiger partial charge is 0.278 e. The van der Waals surface area contributed by atoms with Crippen molar-refractivity contribution in [1.82, 2.24) is 14.7 Å². The first-order chi connectivity index (χ1) is 12.6. The van der Waals surface area contributed by atoms with Gasteiger partial charge in [-0.25, -0.2) is 0 Å². The van der Waals surface area contributed by atoms with Crippen molar-refractivity contribution in [3.8, 4) is 0 Å². The minimum atomic E-state index is -0.301. The molecular formula is C19H22ClN3O3. The van der Waals surface area contributed by atoms with Gasteiger partial charge in [-0.2, -0.15) is 0 Å². The van der Waals surface area contributed by atoms with Crippen molar-refractivity contribution in [2.75, 3.05) is 45.9 Å². The van der Waals surface area contributed by atoms with Gasteiger partial charge in [0.1, 0.15) is 5.70 Å². The van der Waals surface area contributed by atoms with E-state index in [2.05, 4.69) is 11.5 Å². The average Bonchev–Trinajstić information content (AvgIpc) is 2.88. The number of piperazine rings is 1. The minimum Gasteiger partial charge on any atom is -0.395 e. The molecule has 0 saturated carbocycles. The number of hydrogen-bond donors (Lipinski definition) is 1. The molecular weight excluding hydrogens is 354 g/mol. The second-order valence-electron chi connectivity index (χ2n) is 6.29. The van der Waals surface area contributed by atoms with Crippen LogP contribution in [0, 0.1) is 0 Å². The Hall–Kier alpha value is -2.15. The first kappa shape index (κ1) is 18.6. The number of rotatable bonds is 6.